The predicted molar refractivity (Wildman–Crippen MR) is 101 cm³/mol. The maximum absolute atomic E-state index is 13.0. The molecule has 1 unspecified atom stereocenters. The van der Waals surface area contributed by atoms with E-state index in [9.17, 15) is 13.2 Å². The van der Waals surface area contributed by atoms with Gasteiger partial charge in [0.05, 0.1) is 19.4 Å². The maximum atomic E-state index is 13.0. The van der Waals surface area contributed by atoms with E-state index in [1.807, 2.05) is 29.2 Å². The standard InChI is InChI=1S/C19H22N2O4S/c1-25-17-9-4-6-14(13-17)18-10-5-11-21(18)19(22)15-7-3-8-16(12-15)20-26(2,23)24/h3-4,6-9,12-13,18,20H,5,10-11H2,1-2H3. The minimum absolute atomic E-state index is 0.0101. The first kappa shape index (κ1) is 18.3. The lowest BCUT2D eigenvalue weighted by Gasteiger charge is -2.25. The van der Waals surface area contributed by atoms with Crippen LogP contribution in [0.4, 0.5) is 5.69 Å². The number of nitrogens with one attached hydrogen (secondary N) is 1. The number of amides is 1. The first-order valence-electron chi connectivity index (χ1n) is 8.40. The zero-order valence-corrected chi connectivity index (χ0v) is 15.6. The third kappa shape index (κ3) is 4.16. The number of methoxy groups -OCH3 is 1. The van der Waals surface area contributed by atoms with Crippen LogP contribution in [0.15, 0.2) is 48.5 Å². The van der Waals surface area contributed by atoms with E-state index in [0.717, 1.165) is 30.4 Å². The highest BCUT2D eigenvalue weighted by atomic mass is 32.2. The summed E-state index contributed by atoms with van der Waals surface area (Å²) in [6.07, 6.45) is 2.90. The van der Waals surface area contributed by atoms with Crippen LogP contribution in [0, 0.1) is 0 Å². The molecule has 0 bridgehead atoms. The summed E-state index contributed by atoms with van der Waals surface area (Å²) < 4.78 is 30.5. The average Bonchev–Trinajstić information content (AvgIpc) is 3.09. The molecule has 6 nitrogen and oxygen atoms in total. The lowest BCUT2D eigenvalue weighted by Crippen LogP contribution is -2.30. The Labute approximate surface area is 153 Å². The largest absolute Gasteiger partial charge is 0.497 e. The van der Waals surface area contributed by atoms with Crippen LogP contribution < -0.4 is 9.46 Å². The van der Waals surface area contributed by atoms with Gasteiger partial charge in [-0.3, -0.25) is 9.52 Å². The fraction of sp³-hybridized carbons (Fsp3) is 0.316. The Morgan fingerprint density at radius 3 is 2.69 bits per heavy atom. The van der Waals surface area contributed by atoms with E-state index in [-0.39, 0.29) is 11.9 Å². The van der Waals surface area contributed by atoms with Crippen molar-refractivity contribution < 1.29 is 17.9 Å². The molecule has 0 saturated carbocycles. The summed E-state index contributed by atoms with van der Waals surface area (Å²) in [7, 11) is -1.77. The Morgan fingerprint density at radius 1 is 1.19 bits per heavy atom. The van der Waals surface area contributed by atoms with Gasteiger partial charge in [0.1, 0.15) is 5.75 Å². The number of ether oxygens (including phenoxy) is 1. The van der Waals surface area contributed by atoms with E-state index < -0.39 is 10.0 Å². The van der Waals surface area contributed by atoms with Crippen molar-refractivity contribution >= 4 is 21.6 Å². The zero-order chi connectivity index (χ0) is 18.7. The Kier molecular flexibility index (Phi) is 5.18. The topological polar surface area (TPSA) is 75.7 Å². The van der Waals surface area contributed by atoms with Gasteiger partial charge in [0.25, 0.3) is 5.91 Å². The van der Waals surface area contributed by atoms with Crippen molar-refractivity contribution in [2.45, 2.75) is 18.9 Å². The van der Waals surface area contributed by atoms with E-state index in [4.69, 9.17) is 4.74 Å². The quantitative estimate of drug-likeness (QED) is 0.873. The van der Waals surface area contributed by atoms with Crippen molar-refractivity contribution in [3.05, 3.63) is 59.7 Å². The van der Waals surface area contributed by atoms with Crippen LogP contribution in [0.25, 0.3) is 0 Å². The number of likely N-dealkylation sites (tertiary alicyclic amines) is 1. The van der Waals surface area contributed by atoms with E-state index in [0.29, 0.717) is 17.8 Å². The second kappa shape index (κ2) is 7.37. The first-order valence-corrected chi connectivity index (χ1v) is 10.3. The molecule has 7 heteroatoms. The molecule has 3 rings (SSSR count). The average molecular weight is 374 g/mol. The molecule has 2 aromatic carbocycles. The monoisotopic (exact) mass is 374 g/mol. The van der Waals surface area contributed by atoms with Gasteiger partial charge >= 0.3 is 0 Å². The van der Waals surface area contributed by atoms with Crippen LogP contribution in [0.2, 0.25) is 0 Å². The highest BCUT2D eigenvalue weighted by Crippen LogP contribution is 2.34. The molecule has 1 saturated heterocycles. The minimum Gasteiger partial charge on any atom is -0.497 e. The molecule has 0 aliphatic carbocycles. The van der Waals surface area contributed by atoms with Crippen molar-refractivity contribution in [1.82, 2.24) is 4.90 Å². The molecule has 0 aromatic heterocycles. The molecule has 0 radical (unpaired) electrons. The van der Waals surface area contributed by atoms with E-state index in [1.165, 1.54) is 0 Å². The minimum atomic E-state index is -3.39. The SMILES string of the molecule is COc1cccc(C2CCCN2C(=O)c2cccc(NS(C)(=O)=O)c2)c1. The van der Waals surface area contributed by atoms with Crippen LogP contribution >= 0.6 is 0 Å². The van der Waals surface area contributed by atoms with E-state index in [2.05, 4.69) is 4.72 Å². The van der Waals surface area contributed by atoms with Crippen molar-refractivity contribution in [1.29, 1.82) is 0 Å². The third-order valence-corrected chi connectivity index (χ3v) is 5.01. The number of nitrogens with zero attached hydrogens (tertiary/aromatic N) is 1. The molecule has 1 amide bonds. The molecule has 1 heterocycles. The Morgan fingerprint density at radius 2 is 1.96 bits per heavy atom. The first-order chi connectivity index (χ1) is 12.4. The fourth-order valence-corrected chi connectivity index (χ4v) is 3.86. The lowest BCUT2D eigenvalue weighted by atomic mass is 10.0. The number of anilines is 1. The molecule has 2 aromatic rings. The number of hydrogen-bond acceptors (Lipinski definition) is 4. The summed E-state index contributed by atoms with van der Waals surface area (Å²) in [4.78, 5) is 14.9. The number of hydrogen-bond donors (Lipinski definition) is 1. The molecule has 1 atom stereocenters. The summed E-state index contributed by atoms with van der Waals surface area (Å²) in [5, 5.41) is 0. The van der Waals surface area contributed by atoms with Crippen molar-refractivity contribution in [3.8, 4) is 5.75 Å². The molecule has 0 spiro atoms. The second-order valence-corrected chi connectivity index (χ2v) is 8.14. The zero-order valence-electron chi connectivity index (χ0n) is 14.8. The molecule has 1 aliphatic rings. The van der Waals surface area contributed by atoms with Crippen molar-refractivity contribution in [3.63, 3.8) is 0 Å². The van der Waals surface area contributed by atoms with Gasteiger partial charge in [-0.15, -0.1) is 0 Å². The maximum Gasteiger partial charge on any atom is 0.254 e. The highest BCUT2D eigenvalue weighted by Gasteiger charge is 2.30. The van der Waals surface area contributed by atoms with Crippen LogP contribution in [0.3, 0.4) is 0 Å². The fourth-order valence-electron chi connectivity index (χ4n) is 3.30. The summed E-state index contributed by atoms with van der Waals surface area (Å²) in [5.41, 5.74) is 1.89. The molecular weight excluding hydrogens is 352 g/mol. The van der Waals surface area contributed by atoms with Gasteiger partial charge in [0, 0.05) is 17.8 Å². The summed E-state index contributed by atoms with van der Waals surface area (Å²) >= 11 is 0. The van der Waals surface area contributed by atoms with Gasteiger partial charge in [-0.2, -0.15) is 0 Å². The number of carbonyl (C=O) groups excluding carboxylic acids is 1. The number of sulfonamides is 1. The summed E-state index contributed by atoms with van der Waals surface area (Å²) in [6.45, 7) is 0.671. The van der Waals surface area contributed by atoms with Gasteiger partial charge in [-0.05, 0) is 48.7 Å². The van der Waals surface area contributed by atoms with Gasteiger partial charge in [-0.1, -0.05) is 18.2 Å². The molecular formula is C19H22N2O4S. The highest BCUT2D eigenvalue weighted by molar-refractivity contribution is 7.92. The molecule has 26 heavy (non-hydrogen) atoms. The summed E-state index contributed by atoms with van der Waals surface area (Å²) in [6, 6.07) is 14.3. The molecule has 1 N–H and O–H groups in total. The van der Waals surface area contributed by atoms with E-state index >= 15 is 0 Å². The van der Waals surface area contributed by atoms with E-state index in [1.54, 1.807) is 31.4 Å². The predicted octanol–water partition coefficient (Wildman–Crippen LogP) is 3.04. The second-order valence-electron chi connectivity index (χ2n) is 6.39. The van der Waals surface area contributed by atoms with Gasteiger partial charge < -0.3 is 9.64 Å². The molecule has 1 fully saturated rings. The Bertz CT molecular complexity index is 911. The normalized spacial score (nSPS) is 17.2. The smallest absolute Gasteiger partial charge is 0.254 e. The van der Waals surface area contributed by atoms with Gasteiger partial charge in [-0.25, -0.2) is 8.42 Å². The van der Waals surface area contributed by atoms with Crippen LogP contribution in [0.1, 0.15) is 34.8 Å². The third-order valence-electron chi connectivity index (χ3n) is 4.40. The number of carbonyl (C=O) groups is 1. The van der Waals surface area contributed by atoms with Crippen LogP contribution in [0.5, 0.6) is 5.75 Å². The lowest BCUT2D eigenvalue weighted by molar-refractivity contribution is 0.0735. The van der Waals surface area contributed by atoms with Crippen molar-refractivity contribution in [2.24, 2.45) is 0 Å². The molecule has 1 aliphatic heterocycles. The van der Waals surface area contributed by atoms with Crippen LogP contribution in [-0.2, 0) is 10.0 Å². The van der Waals surface area contributed by atoms with Crippen molar-refractivity contribution in [2.75, 3.05) is 24.6 Å². The van der Waals surface area contributed by atoms with Crippen LogP contribution in [-0.4, -0.2) is 39.1 Å². The Hall–Kier alpha value is -2.54. The summed E-state index contributed by atoms with van der Waals surface area (Å²) in [5.74, 6) is 0.661. The van der Waals surface area contributed by atoms with Gasteiger partial charge in [0.15, 0.2) is 0 Å². The van der Waals surface area contributed by atoms with Gasteiger partial charge in [0.2, 0.25) is 10.0 Å². The molecule has 138 valence electrons. The number of benzene rings is 2. The Balaban J connectivity index is 1.85. The number of rotatable bonds is 5.